The van der Waals surface area contributed by atoms with E-state index in [1.807, 2.05) is 43.5 Å². The SMILES string of the molecule is CC[C@H](NC(=O)c1cccn1C1CC1)c1cccc(C)n1. The van der Waals surface area contributed by atoms with Crippen LogP contribution in [0.1, 0.15) is 60.1 Å². The summed E-state index contributed by atoms with van der Waals surface area (Å²) in [7, 11) is 0. The van der Waals surface area contributed by atoms with E-state index >= 15 is 0 Å². The topological polar surface area (TPSA) is 46.9 Å². The molecule has 1 amide bonds. The number of carbonyl (C=O) groups is 1. The van der Waals surface area contributed by atoms with E-state index in [-0.39, 0.29) is 11.9 Å². The second-order valence-corrected chi connectivity index (χ2v) is 5.67. The molecule has 21 heavy (non-hydrogen) atoms. The molecule has 1 saturated carbocycles. The Hall–Kier alpha value is -2.10. The minimum absolute atomic E-state index is 0.0120. The van der Waals surface area contributed by atoms with Crippen molar-refractivity contribution in [3.8, 4) is 0 Å². The van der Waals surface area contributed by atoms with E-state index < -0.39 is 0 Å². The van der Waals surface area contributed by atoms with E-state index in [1.165, 1.54) is 12.8 Å². The Morgan fingerprint density at radius 1 is 1.38 bits per heavy atom. The van der Waals surface area contributed by atoms with E-state index in [0.29, 0.717) is 6.04 Å². The van der Waals surface area contributed by atoms with Gasteiger partial charge in [0, 0.05) is 17.9 Å². The zero-order valence-corrected chi connectivity index (χ0v) is 12.5. The molecular formula is C17H21N3O. The molecular weight excluding hydrogens is 262 g/mol. The lowest BCUT2D eigenvalue weighted by Gasteiger charge is -2.17. The molecule has 0 unspecified atom stereocenters. The highest BCUT2D eigenvalue weighted by molar-refractivity contribution is 5.93. The van der Waals surface area contributed by atoms with Crippen molar-refractivity contribution in [3.63, 3.8) is 0 Å². The number of amides is 1. The molecule has 0 radical (unpaired) electrons. The number of nitrogens with one attached hydrogen (secondary N) is 1. The second kappa shape index (κ2) is 5.72. The number of rotatable bonds is 5. The van der Waals surface area contributed by atoms with Crippen LogP contribution in [0, 0.1) is 6.92 Å². The van der Waals surface area contributed by atoms with Gasteiger partial charge in [0.2, 0.25) is 0 Å². The standard InChI is InChI=1S/C17H21N3O/c1-3-14(15-7-4-6-12(2)18-15)19-17(21)16-8-5-11-20(16)13-9-10-13/h4-8,11,13-14H,3,9-10H2,1-2H3,(H,19,21)/t14-/m0/s1. The van der Waals surface area contributed by atoms with Crippen molar-refractivity contribution in [1.29, 1.82) is 0 Å². The van der Waals surface area contributed by atoms with E-state index in [2.05, 4.69) is 21.8 Å². The van der Waals surface area contributed by atoms with Crippen LogP contribution < -0.4 is 5.32 Å². The number of nitrogens with zero attached hydrogens (tertiary/aromatic N) is 2. The second-order valence-electron chi connectivity index (χ2n) is 5.67. The van der Waals surface area contributed by atoms with Gasteiger partial charge in [0.25, 0.3) is 5.91 Å². The van der Waals surface area contributed by atoms with Gasteiger partial charge in [0.05, 0.1) is 11.7 Å². The summed E-state index contributed by atoms with van der Waals surface area (Å²) in [4.78, 5) is 17.1. The van der Waals surface area contributed by atoms with Crippen LogP contribution in [0.2, 0.25) is 0 Å². The Balaban J connectivity index is 1.77. The van der Waals surface area contributed by atoms with Crippen molar-refractivity contribution < 1.29 is 4.79 Å². The summed E-state index contributed by atoms with van der Waals surface area (Å²) in [5, 5.41) is 3.11. The van der Waals surface area contributed by atoms with E-state index in [4.69, 9.17) is 0 Å². The van der Waals surface area contributed by atoms with Crippen LogP contribution in [0.3, 0.4) is 0 Å². The van der Waals surface area contributed by atoms with Gasteiger partial charge in [-0.1, -0.05) is 13.0 Å². The third-order valence-corrected chi connectivity index (χ3v) is 3.93. The smallest absolute Gasteiger partial charge is 0.268 e. The van der Waals surface area contributed by atoms with Crippen LogP contribution >= 0.6 is 0 Å². The summed E-state index contributed by atoms with van der Waals surface area (Å²) >= 11 is 0. The van der Waals surface area contributed by atoms with Crippen LogP contribution in [-0.2, 0) is 0 Å². The molecule has 4 nitrogen and oxygen atoms in total. The summed E-state index contributed by atoms with van der Waals surface area (Å²) in [6, 6.07) is 10.2. The molecule has 1 aliphatic carbocycles. The fourth-order valence-electron chi connectivity index (χ4n) is 2.63. The summed E-state index contributed by atoms with van der Waals surface area (Å²) in [6.07, 6.45) is 5.17. The van der Waals surface area contributed by atoms with Gasteiger partial charge >= 0.3 is 0 Å². The molecule has 0 aliphatic heterocycles. The summed E-state index contributed by atoms with van der Waals surface area (Å²) < 4.78 is 2.09. The zero-order valence-electron chi connectivity index (χ0n) is 12.5. The Morgan fingerprint density at radius 3 is 2.86 bits per heavy atom. The predicted octanol–water partition coefficient (Wildman–Crippen LogP) is 3.41. The minimum Gasteiger partial charge on any atom is -0.342 e. The number of aryl methyl sites for hydroxylation is 1. The molecule has 1 N–H and O–H groups in total. The molecule has 2 aromatic rings. The molecule has 2 heterocycles. The van der Waals surface area contributed by atoms with Crippen LogP contribution in [0.25, 0.3) is 0 Å². The van der Waals surface area contributed by atoms with Crippen LogP contribution in [0.15, 0.2) is 36.5 Å². The number of hydrogen-bond acceptors (Lipinski definition) is 2. The van der Waals surface area contributed by atoms with Crippen molar-refractivity contribution >= 4 is 5.91 Å². The largest absolute Gasteiger partial charge is 0.342 e. The Kier molecular flexibility index (Phi) is 3.78. The minimum atomic E-state index is -0.0417. The highest BCUT2D eigenvalue weighted by atomic mass is 16.2. The van der Waals surface area contributed by atoms with Gasteiger partial charge in [-0.25, -0.2) is 0 Å². The van der Waals surface area contributed by atoms with Gasteiger partial charge in [0.1, 0.15) is 5.69 Å². The summed E-state index contributed by atoms with van der Waals surface area (Å²) in [5.74, 6) is -0.0120. The zero-order chi connectivity index (χ0) is 14.8. The quantitative estimate of drug-likeness (QED) is 0.914. The lowest BCUT2D eigenvalue weighted by atomic mass is 10.1. The van der Waals surface area contributed by atoms with E-state index in [0.717, 1.165) is 23.5 Å². The molecule has 1 atom stereocenters. The Bertz CT molecular complexity index is 643. The monoisotopic (exact) mass is 283 g/mol. The summed E-state index contributed by atoms with van der Waals surface area (Å²) in [6.45, 7) is 4.03. The lowest BCUT2D eigenvalue weighted by molar-refractivity contribution is 0.0925. The van der Waals surface area contributed by atoms with Gasteiger partial charge in [-0.05, 0) is 50.5 Å². The van der Waals surface area contributed by atoms with Crippen molar-refractivity contribution in [1.82, 2.24) is 14.9 Å². The fourth-order valence-corrected chi connectivity index (χ4v) is 2.63. The molecule has 3 rings (SSSR count). The average molecular weight is 283 g/mol. The Morgan fingerprint density at radius 2 is 2.19 bits per heavy atom. The molecule has 2 aromatic heterocycles. The molecule has 1 aliphatic rings. The van der Waals surface area contributed by atoms with Crippen LogP contribution in [0.4, 0.5) is 0 Å². The maximum atomic E-state index is 12.5. The van der Waals surface area contributed by atoms with E-state index in [1.54, 1.807) is 0 Å². The first kappa shape index (κ1) is 13.9. The first-order valence-electron chi connectivity index (χ1n) is 7.60. The highest BCUT2D eigenvalue weighted by Crippen LogP contribution is 2.36. The van der Waals surface area contributed by atoms with Crippen molar-refractivity contribution in [2.75, 3.05) is 0 Å². The molecule has 110 valence electrons. The molecule has 0 saturated heterocycles. The number of hydrogen-bond donors (Lipinski definition) is 1. The van der Waals surface area contributed by atoms with Crippen LogP contribution in [-0.4, -0.2) is 15.5 Å². The average Bonchev–Trinajstić information content (AvgIpc) is 3.21. The molecule has 1 fully saturated rings. The first-order chi connectivity index (χ1) is 10.2. The fraction of sp³-hybridized carbons (Fsp3) is 0.412. The first-order valence-corrected chi connectivity index (χ1v) is 7.60. The summed E-state index contributed by atoms with van der Waals surface area (Å²) in [5.41, 5.74) is 2.65. The van der Waals surface area contributed by atoms with Gasteiger partial charge in [0.15, 0.2) is 0 Å². The lowest BCUT2D eigenvalue weighted by Crippen LogP contribution is -2.30. The molecule has 4 heteroatoms. The third-order valence-electron chi connectivity index (χ3n) is 3.93. The third kappa shape index (κ3) is 2.99. The number of pyridine rings is 1. The normalized spacial score (nSPS) is 15.7. The van der Waals surface area contributed by atoms with E-state index in [9.17, 15) is 4.79 Å². The van der Waals surface area contributed by atoms with Gasteiger partial charge in [-0.2, -0.15) is 0 Å². The van der Waals surface area contributed by atoms with Crippen molar-refractivity contribution in [2.24, 2.45) is 0 Å². The van der Waals surface area contributed by atoms with Gasteiger partial charge in [-0.3, -0.25) is 9.78 Å². The van der Waals surface area contributed by atoms with Crippen molar-refractivity contribution in [3.05, 3.63) is 53.6 Å². The maximum absolute atomic E-state index is 12.5. The molecule has 0 bridgehead atoms. The molecule has 0 aromatic carbocycles. The maximum Gasteiger partial charge on any atom is 0.268 e. The number of aromatic nitrogens is 2. The van der Waals surface area contributed by atoms with Crippen molar-refractivity contribution in [2.45, 2.75) is 45.2 Å². The van der Waals surface area contributed by atoms with Crippen LogP contribution in [0.5, 0.6) is 0 Å². The highest BCUT2D eigenvalue weighted by Gasteiger charge is 2.27. The molecule has 0 spiro atoms. The van der Waals surface area contributed by atoms with Gasteiger partial charge < -0.3 is 9.88 Å². The number of carbonyl (C=O) groups excluding carboxylic acids is 1. The Labute approximate surface area is 125 Å². The van der Waals surface area contributed by atoms with Gasteiger partial charge in [-0.15, -0.1) is 0 Å². The predicted molar refractivity (Wildman–Crippen MR) is 82.2 cm³/mol.